The minimum atomic E-state index is -0.891. The maximum absolute atomic E-state index is 14.6. The first kappa shape index (κ1) is 25.1. The average Bonchev–Trinajstić information content (AvgIpc) is 3.45. The Morgan fingerprint density at radius 1 is 1.00 bits per heavy atom. The maximum atomic E-state index is 14.6. The molecule has 5 nitrogen and oxygen atoms in total. The van der Waals surface area contributed by atoms with Crippen molar-refractivity contribution in [3.63, 3.8) is 0 Å². The van der Waals surface area contributed by atoms with Gasteiger partial charge in [-0.1, -0.05) is 82.2 Å². The van der Waals surface area contributed by atoms with Gasteiger partial charge in [-0.3, -0.25) is 9.59 Å². The predicted octanol–water partition coefficient (Wildman–Crippen LogP) is 7.62. The van der Waals surface area contributed by atoms with Gasteiger partial charge in [-0.05, 0) is 55.3 Å². The Balaban J connectivity index is 1.50. The summed E-state index contributed by atoms with van der Waals surface area (Å²) in [7, 11) is 0. The molecule has 2 amide bonds. The number of nitrogens with zero attached hydrogens (tertiary/aromatic N) is 1. The molecule has 2 N–H and O–H groups in total. The second-order valence-electron chi connectivity index (χ2n) is 9.82. The number of para-hydroxylation sites is 1. The number of aromatic amines is 1. The van der Waals surface area contributed by atoms with E-state index >= 15 is 0 Å². The summed E-state index contributed by atoms with van der Waals surface area (Å²) >= 11 is 3.24. The Morgan fingerprint density at radius 3 is 2.49 bits per heavy atom. The monoisotopic (exact) mass is 581 g/mol. The van der Waals surface area contributed by atoms with E-state index in [9.17, 15) is 14.0 Å². The number of anilines is 1. The summed E-state index contributed by atoms with van der Waals surface area (Å²) in [6.45, 7) is 3.72. The van der Waals surface area contributed by atoms with E-state index in [1.807, 2.05) is 49.4 Å². The van der Waals surface area contributed by atoms with Crippen LogP contribution in [0.4, 0.5) is 10.1 Å². The zero-order valence-corrected chi connectivity index (χ0v) is 22.9. The first-order valence-corrected chi connectivity index (χ1v) is 13.5. The lowest BCUT2D eigenvalue weighted by molar-refractivity contribution is -0.120. The molecule has 0 saturated carbocycles. The highest BCUT2D eigenvalue weighted by Gasteiger charge is 2.44. The van der Waals surface area contributed by atoms with Crippen LogP contribution in [-0.4, -0.2) is 27.7 Å². The van der Waals surface area contributed by atoms with Crippen LogP contribution in [0.3, 0.4) is 0 Å². The summed E-state index contributed by atoms with van der Waals surface area (Å²) in [5.41, 5.74) is 6.32. The maximum Gasteiger partial charge on any atom is 0.255 e. The molecule has 0 saturated heterocycles. The molecule has 0 fully saturated rings. The van der Waals surface area contributed by atoms with Gasteiger partial charge in [0.1, 0.15) is 11.9 Å². The number of aryl methyl sites for hydroxylation is 1. The lowest BCUT2D eigenvalue weighted by Gasteiger charge is -2.31. The Kier molecular flexibility index (Phi) is 6.31. The van der Waals surface area contributed by atoms with Crippen LogP contribution in [0.1, 0.15) is 40.0 Å². The molecule has 1 aliphatic heterocycles. The number of rotatable bonds is 5. The van der Waals surface area contributed by atoms with Crippen molar-refractivity contribution >= 4 is 44.3 Å². The molecule has 0 radical (unpaired) electrons. The van der Waals surface area contributed by atoms with Gasteiger partial charge in [0.25, 0.3) is 5.91 Å². The number of nitrogens with one attached hydrogen (secondary N) is 2. The number of aromatic nitrogens is 1. The fourth-order valence-electron chi connectivity index (χ4n) is 5.38. The van der Waals surface area contributed by atoms with Gasteiger partial charge in [0.15, 0.2) is 0 Å². The molecule has 7 heteroatoms. The van der Waals surface area contributed by atoms with Crippen molar-refractivity contribution in [3.05, 3.63) is 124 Å². The molecule has 0 bridgehead atoms. The Bertz CT molecular complexity index is 1740. The Hall–Kier alpha value is -4.23. The highest BCUT2D eigenvalue weighted by Crippen LogP contribution is 2.46. The summed E-state index contributed by atoms with van der Waals surface area (Å²) < 4.78 is 15.1. The van der Waals surface area contributed by atoms with Crippen molar-refractivity contribution in [1.29, 1.82) is 0 Å². The summed E-state index contributed by atoms with van der Waals surface area (Å²) in [4.78, 5) is 32.6. The quantitative estimate of drug-likeness (QED) is 0.224. The van der Waals surface area contributed by atoms with Gasteiger partial charge < -0.3 is 15.2 Å². The van der Waals surface area contributed by atoms with Gasteiger partial charge in [-0.25, -0.2) is 4.39 Å². The molecule has 0 spiro atoms. The Morgan fingerprint density at radius 2 is 1.72 bits per heavy atom. The van der Waals surface area contributed by atoms with Crippen LogP contribution in [0.5, 0.6) is 0 Å². The molecule has 194 valence electrons. The molecule has 2 heterocycles. The summed E-state index contributed by atoms with van der Waals surface area (Å²) in [6.07, 6.45) is 0. The molecule has 0 aliphatic carbocycles. The number of hydrogen-bond donors (Lipinski definition) is 2. The lowest BCUT2D eigenvalue weighted by atomic mass is 9.92. The van der Waals surface area contributed by atoms with Crippen LogP contribution in [0, 0.1) is 12.7 Å². The van der Waals surface area contributed by atoms with E-state index in [2.05, 4.69) is 50.5 Å². The molecule has 2 unspecified atom stereocenters. The summed E-state index contributed by atoms with van der Waals surface area (Å²) in [5, 5.41) is 3.65. The third kappa shape index (κ3) is 4.33. The van der Waals surface area contributed by atoms with E-state index in [-0.39, 0.29) is 11.6 Å². The fraction of sp³-hybridized carbons (Fsp3) is 0.125. The van der Waals surface area contributed by atoms with Crippen LogP contribution < -0.4 is 5.32 Å². The molecular weight excluding hydrogens is 557 g/mol. The van der Waals surface area contributed by atoms with E-state index in [1.165, 1.54) is 12.1 Å². The van der Waals surface area contributed by atoms with Gasteiger partial charge >= 0.3 is 0 Å². The third-order valence-corrected chi connectivity index (χ3v) is 7.84. The highest BCUT2D eigenvalue weighted by atomic mass is 79.9. The van der Waals surface area contributed by atoms with Gasteiger partial charge in [-0.15, -0.1) is 0 Å². The van der Waals surface area contributed by atoms with Crippen LogP contribution in [0.25, 0.3) is 22.2 Å². The second-order valence-corrected chi connectivity index (χ2v) is 10.7. The van der Waals surface area contributed by atoms with Gasteiger partial charge in [0, 0.05) is 26.5 Å². The average molecular weight is 582 g/mol. The fourth-order valence-corrected chi connectivity index (χ4v) is 5.71. The van der Waals surface area contributed by atoms with Crippen LogP contribution >= 0.6 is 15.9 Å². The molecule has 5 aromatic rings. The molecular formula is C32H25BrFN3O2. The third-order valence-electron chi connectivity index (χ3n) is 7.34. The number of benzene rings is 4. The molecule has 6 rings (SSSR count). The van der Waals surface area contributed by atoms with Crippen molar-refractivity contribution in [2.45, 2.75) is 25.9 Å². The van der Waals surface area contributed by atoms with E-state index in [0.717, 1.165) is 38.9 Å². The molecule has 1 aliphatic rings. The van der Waals surface area contributed by atoms with Crippen LogP contribution in [0.15, 0.2) is 95.5 Å². The SMILES string of the molecule is Cc1ccc(-c2[nH]c3ccccc3c2C2c3ccccc3C(=O)N2C(C)C(=O)Nc2ccc(Br)cc2F)cc1. The van der Waals surface area contributed by atoms with E-state index in [1.54, 1.807) is 24.0 Å². The minimum absolute atomic E-state index is 0.0585. The first-order chi connectivity index (χ1) is 18.8. The van der Waals surface area contributed by atoms with Gasteiger partial charge in [-0.2, -0.15) is 0 Å². The van der Waals surface area contributed by atoms with Gasteiger partial charge in [0.05, 0.1) is 17.4 Å². The standard InChI is InChI=1S/C32H25BrFN3O2/c1-18-11-13-20(14-12-18)29-28(24-9-5-6-10-26(24)35-29)30-22-7-3-4-8-23(22)32(39)37(30)19(2)31(38)36-27-16-15-21(33)17-25(27)34/h3-17,19,30,35H,1-2H3,(H,36,38). The van der Waals surface area contributed by atoms with E-state index < -0.39 is 23.8 Å². The van der Waals surface area contributed by atoms with Crippen molar-refractivity contribution in [1.82, 2.24) is 9.88 Å². The molecule has 39 heavy (non-hydrogen) atoms. The topological polar surface area (TPSA) is 65.2 Å². The van der Waals surface area contributed by atoms with Gasteiger partial charge in [0.2, 0.25) is 5.91 Å². The number of carbonyl (C=O) groups excluding carboxylic acids is 2. The van der Waals surface area contributed by atoms with E-state index in [4.69, 9.17) is 0 Å². The number of carbonyl (C=O) groups is 2. The second kappa shape index (κ2) is 9.82. The minimum Gasteiger partial charge on any atom is -0.354 e. The molecule has 1 aromatic heterocycles. The number of hydrogen-bond acceptors (Lipinski definition) is 2. The van der Waals surface area contributed by atoms with Crippen molar-refractivity contribution in [2.24, 2.45) is 0 Å². The first-order valence-electron chi connectivity index (χ1n) is 12.7. The van der Waals surface area contributed by atoms with Crippen LogP contribution in [-0.2, 0) is 4.79 Å². The number of H-pyrrole nitrogens is 1. The molecule has 2 atom stereocenters. The predicted molar refractivity (Wildman–Crippen MR) is 155 cm³/mol. The van der Waals surface area contributed by atoms with Crippen LogP contribution in [0.2, 0.25) is 0 Å². The van der Waals surface area contributed by atoms with Crippen molar-refractivity contribution in [2.75, 3.05) is 5.32 Å². The smallest absolute Gasteiger partial charge is 0.255 e. The Labute approximate surface area is 233 Å². The number of amides is 2. The number of halogens is 2. The summed E-state index contributed by atoms with van der Waals surface area (Å²) in [5.74, 6) is -1.27. The molecule has 4 aromatic carbocycles. The largest absolute Gasteiger partial charge is 0.354 e. The van der Waals surface area contributed by atoms with Crippen molar-refractivity contribution < 1.29 is 14.0 Å². The normalized spacial score (nSPS) is 15.4. The zero-order chi connectivity index (χ0) is 27.3. The van der Waals surface area contributed by atoms with E-state index in [0.29, 0.717) is 10.0 Å². The van der Waals surface area contributed by atoms with Crippen molar-refractivity contribution in [3.8, 4) is 11.3 Å². The summed E-state index contributed by atoms with van der Waals surface area (Å²) in [6, 6.07) is 26.7. The highest BCUT2D eigenvalue weighted by molar-refractivity contribution is 9.10. The zero-order valence-electron chi connectivity index (χ0n) is 21.3. The number of fused-ring (bicyclic) bond motifs is 2. The lowest BCUT2D eigenvalue weighted by Crippen LogP contribution is -2.44.